The fourth-order valence-electron chi connectivity index (χ4n) is 1.86. The maximum Gasteiger partial charge on any atom is 0.197 e. The Morgan fingerprint density at radius 1 is 1.50 bits per heavy atom. The Kier molecular flexibility index (Phi) is 4.84. The molecular formula is C13H21N5OS. The van der Waals surface area contributed by atoms with Gasteiger partial charge in [0.25, 0.3) is 0 Å². The van der Waals surface area contributed by atoms with Crippen molar-refractivity contribution in [3.05, 3.63) is 17.5 Å². The van der Waals surface area contributed by atoms with Crippen LogP contribution in [0.4, 0.5) is 10.8 Å². The number of rotatable bonds is 7. The number of hydrogen-bond donors (Lipinski definition) is 3. The van der Waals surface area contributed by atoms with E-state index in [1.165, 1.54) is 17.1 Å². The van der Waals surface area contributed by atoms with Crippen LogP contribution in [0.5, 0.6) is 5.75 Å². The van der Waals surface area contributed by atoms with Crippen molar-refractivity contribution in [1.29, 1.82) is 0 Å². The Morgan fingerprint density at radius 3 is 2.95 bits per heavy atom. The molecule has 20 heavy (non-hydrogen) atoms. The zero-order valence-electron chi connectivity index (χ0n) is 12.1. The number of nitrogens with two attached hydrogens (primary N) is 1. The zero-order valence-corrected chi connectivity index (χ0v) is 12.9. The molecule has 2 aromatic rings. The molecule has 2 heterocycles. The average Bonchev–Trinajstić information content (AvgIpc) is 2.94. The minimum atomic E-state index is 0.0860. The van der Waals surface area contributed by atoms with E-state index in [1.54, 1.807) is 0 Å². The van der Waals surface area contributed by atoms with Gasteiger partial charge in [-0.25, -0.2) is 0 Å². The van der Waals surface area contributed by atoms with Gasteiger partial charge in [-0.2, -0.15) is 9.47 Å². The number of nitrogen functional groups attached to an aromatic ring is 1. The molecule has 0 radical (unpaired) electrons. The summed E-state index contributed by atoms with van der Waals surface area (Å²) in [4.78, 5) is 0. The number of nitrogens with one attached hydrogen (secondary N) is 2. The maximum absolute atomic E-state index is 5.81. The number of anilines is 2. The number of aryl methyl sites for hydroxylation is 2. The normalized spacial score (nSPS) is 11.0. The monoisotopic (exact) mass is 295 g/mol. The van der Waals surface area contributed by atoms with Gasteiger partial charge in [-0.05, 0) is 50.7 Å². The quantitative estimate of drug-likeness (QED) is 0.683. The predicted octanol–water partition coefficient (Wildman–Crippen LogP) is 2.59. The molecule has 0 saturated carbocycles. The number of aromatic nitrogens is 3. The SMILES string of the molecule is Cc1[nH]ncc1CCCNc1snc(N)c1OC(C)C. The lowest BCUT2D eigenvalue weighted by Crippen LogP contribution is -2.09. The van der Waals surface area contributed by atoms with Crippen molar-refractivity contribution in [2.24, 2.45) is 0 Å². The van der Waals surface area contributed by atoms with Crippen LogP contribution in [-0.4, -0.2) is 27.2 Å². The van der Waals surface area contributed by atoms with Crippen molar-refractivity contribution in [3.8, 4) is 5.75 Å². The van der Waals surface area contributed by atoms with Crippen LogP contribution in [0.1, 0.15) is 31.5 Å². The Hall–Kier alpha value is -1.76. The molecule has 4 N–H and O–H groups in total. The predicted molar refractivity (Wildman–Crippen MR) is 82.4 cm³/mol. The van der Waals surface area contributed by atoms with Crippen molar-refractivity contribution in [2.45, 2.75) is 39.7 Å². The maximum atomic E-state index is 5.81. The molecule has 0 fully saturated rings. The van der Waals surface area contributed by atoms with Gasteiger partial charge < -0.3 is 15.8 Å². The molecule has 6 nitrogen and oxygen atoms in total. The van der Waals surface area contributed by atoms with E-state index in [0.717, 1.165) is 30.1 Å². The molecule has 110 valence electrons. The molecule has 0 atom stereocenters. The summed E-state index contributed by atoms with van der Waals surface area (Å²) in [5, 5.41) is 11.2. The first-order valence-corrected chi connectivity index (χ1v) is 7.49. The summed E-state index contributed by atoms with van der Waals surface area (Å²) in [5.74, 6) is 1.13. The van der Waals surface area contributed by atoms with Crippen molar-refractivity contribution in [1.82, 2.24) is 14.6 Å². The number of ether oxygens (including phenoxy) is 1. The molecule has 2 rings (SSSR count). The third-order valence-corrected chi connectivity index (χ3v) is 3.67. The minimum Gasteiger partial charge on any atom is -0.484 e. The van der Waals surface area contributed by atoms with Crippen molar-refractivity contribution < 1.29 is 4.74 Å². The van der Waals surface area contributed by atoms with Crippen LogP contribution in [0.15, 0.2) is 6.20 Å². The van der Waals surface area contributed by atoms with Crippen LogP contribution in [0, 0.1) is 6.92 Å². The molecule has 0 bridgehead atoms. The van der Waals surface area contributed by atoms with Gasteiger partial charge in [0.05, 0.1) is 12.3 Å². The van der Waals surface area contributed by atoms with Crippen LogP contribution < -0.4 is 15.8 Å². The van der Waals surface area contributed by atoms with Gasteiger partial charge in [-0.1, -0.05) is 0 Å². The first-order valence-electron chi connectivity index (χ1n) is 6.72. The van der Waals surface area contributed by atoms with E-state index in [2.05, 4.69) is 19.9 Å². The highest BCUT2D eigenvalue weighted by atomic mass is 32.1. The van der Waals surface area contributed by atoms with Crippen LogP contribution in [0.3, 0.4) is 0 Å². The third kappa shape index (κ3) is 3.63. The molecular weight excluding hydrogens is 274 g/mol. The van der Waals surface area contributed by atoms with E-state index < -0.39 is 0 Å². The third-order valence-electron chi connectivity index (χ3n) is 2.87. The molecule has 0 spiro atoms. The van der Waals surface area contributed by atoms with Crippen molar-refractivity contribution in [3.63, 3.8) is 0 Å². The standard InChI is InChI=1S/C13H21N5OS/c1-8(2)19-11-12(14)18-20-13(11)15-6-4-5-10-7-16-17-9(10)3/h7-8,15H,4-6H2,1-3H3,(H2,14,18)(H,16,17). The van der Waals surface area contributed by atoms with Crippen LogP contribution >= 0.6 is 11.5 Å². The van der Waals surface area contributed by atoms with E-state index >= 15 is 0 Å². The zero-order chi connectivity index (χ0) is 14.5. The lowest BCUT2D eigenvalue weighted by Gasteiger charge is -2.11. The first-order chi connectivity index (χ1) is 9.58. The Balaban J connectivity index is 1.84. The van der Waals surface area contributed by atoms with Crippen LogP contribution in [-0.2, 0) is 6.42 Å². The molecule has 0 amide bonds. The van der Waals surface area contributed by atoms with E-state index in [1.807, 2.05) is 27.0 Å². The largest absolute Gasteiger partial charge is 0.484 e. The van der Waals surface area contributed by atoms with Gasteiger partial charge in [0.1, 0.15) is 0 Å². The second-order valence-corrected chi connectivity index (χ2v) is 5.72. The fraction of sp³-hybridized carbons (Fsp3) is 0.538. The molecule has 0 saturated heterocycles. The smallest absolute Gasteiger partial charge is 0.197 e. The molecule has 0 aliphatic carbocycles. The van der Waals surface area contributed by atoms with E-state index in [0.29, 0.717) is 11.6 Å². The van der Waals surface area contributed by atoms with Gasteiger partial charge in [0, 0.05) is 12.2 Å². The van der Waals surface area contributed by atoms with E-state index in [4.69, 9.17) is 10.5 Å². The lowest BCUT2D eigenvalue weighted by molar-refractivity contribution is 0.245. The molecule has 0 aromatic carbocycles. The summed E-state index contributed by atoms with van der Waals surface area (Å²) in [6.45, 7) is 6.83. The lowest BCUT2D eigenvalue weighted by atomic mass is 10.1. The van der Waals surface area contributed by atoms with Gasteiger partial charge in [-0.3, -0.25) is 5.10 Å². The molecule has 0 unspecified atom stereocenters. The van der Waals surface area contributed by atoms with Gasteiger partial charge >= 0.3 is 0 Å². The Bertz CT molecular complexity index is 549. The number of nitrogens with zero attached hydrogens (tertiary/aromatic N) is 2. The number of aromatic amines is 1. The summed E-state index contributed by atoms with van der Waals surface area (Å²) >= 11 is 1.34. The second-order valence-electron chi connectivity index (χ2n) is 4.94. The fourth-order valence-corrected chi connectivity index (χ4v) is 2.54. The highest BCUT2D eigenvalue weighted by Gasteiger charge is 2.14. The summed E-state index contributed by atoms with van der Waals surface area (Å²) in [7, 11) is 0. The van der Waals surface area contributed by atoms with E-state index in [9.17, 15) is 0 Å². The molecule has 0 aliphatic heterocycles. The Morgan fingerprint density at radius 2 is 2.30 bits per heavy atom. The highest BCUT2D eigenvalue weighted by molar-refractivity contribution is 7.11. The second kappa shape index (κ2) is 6.60. The first kappa shape index (κ1) is 14.6. The Labute approximate surface area is 122 Å². The summed E-state index contributed by atoms with van der Waals surface area (Å²) in [6.07, 6.45) is 3.97. The molecule has 0 aliphatic rings. The highest BCUT2D eigenvalue weighted by Crippen LogP contribution is 2.35. The summed E-state index contributed by atoms with van der Waals surface area (Å²) in [5.41, 5.74) is 8.21. The topological polar surface area (TPSA) is 88.9 Å². The average molecular weight is 295 g/mol. The molecule has 2 aromatic heterocycles. The summed E-state index contributed by atoms with van der Waals surface area (Å²) in [6, 6.07) is 0. The van der Waals surface area contributed by atoms with Gasteiger partial charge in [0.15, 0.2) is 16.6 Å². The van der Waals surface area contributed by atoms with Crippen LogP contribution in [0.2, 0.25) is 0 Å². The van der Waals surface area contributed by atoms with Crippen molar-refractivity contribution >= 4 is 22.4 Å². The molecule has 7 heteroatoms. The van der Waals surface area contributed by atoms with Crippen LogP contribution in [0.25, 0.3) is 0 Å². The van der Waals surface area contributed by atoms with Crippen molar-refractivity contribution in [2.75, 3.05) is 17.6 Å². The van der Waals surface area contributed by atoms with Gasteiger partial charge in [-0.15, -0.1) is 0 Å². The summed E-state index contributed by atoms with van der Waals surface area (Å²) < 4.78 is 9.81. The minimum absolute atomic E-state index is 0.0860. The number of H-pyrrole nitrogens is 1. The number of hydrogen-bond acceptors (Lipinski definition) is 6. The van der Waals surface area contributed by atoms with E-state index in [-0.39, 0.29) is 6.10 Å². The van der Waals surface area contributed by atoms with Gasteiger partial charge in [0.2, 0.25) is 0 Å².